The van der Waals surface area contributed by atoms with Crippen molar-refractivity contribution in [3.8, 4) is 20.2 Å². The maximum absolute atomic E-state index is 15.3. The number of hydrogen-bond donors (Lipinski definition) is 0. The summed E-state index contributed by atoms with van der Waals surface area (Å²) in [4.78, 5) is 66.5. The van der Waals surface area contributed by atoms with Crippen LogP contribution >= 0.6 is 22.7 Å². The Kier molecular flexibility index (Phi) is 18.0. The Labute approximate surface area is 500 Å². The van der Waals surface area contributed by atoms with Gasteiger partial charge in [-0.1, -0.05) is 205 Å². The molecule has 4 heterocycles. The lowest BCUT2D eigenvalue weighted by Gasteiger charge is -2.33. The van der Waals surface area contributed by atoms with Crippen LogP contribution in [0.4, 0.5) is 0 Å². The number of thiophene rings is 2. The summed E-state index contributed by atoms with van der Waals surface area (Å²) in [5.74, 6) is -0.526. The van der Waals surface area contributed by atoms with Gasteiger partial charge in [-0.05, 0) is 105 Å². The summed E-state index contributed by atoms with van der Waals surface area (Å²) < 4.78 is 4.70. The molecule has 4 aromatic carbocycles. The average molecular weight is 1140 g/mol. The molecule has 83 heavy (non-hydrogen) atoms. The number of aromatic nitrogens is 2. The molecule has 0 N–H and O–H groups in total. The predicted molar refractivity (Wildman–Crippen MR) is 350 cm³/mol. The summed E-state index contributed by atoms with van der Waals surface area (Å²) in [6.07, 6.45) is 20.7. The van der Waals surface area contributed by atoms with Crippen LogP contribution < -0.4 is 10.4 Å². The molecule has 2 unspecified atom stereocenters. The van der Waals surface area contributed by atoms with Gasteiger partial charge in [0.05, 0.1) is 21.8 Å². The minimum Gasteiger partial charge on any atom is -0.339 e. The van der Waals surface area contributed by atoms with E-state index in [1.807, 2.05) is 46.9 Å². The fraction of sp³-hybridized carbons (Fsp3) is 0.413. The second kappa shape index (κ2) is 25.0. The van der Waals surface area contributed by atoms with Gasteiger partial charge in [-0.25, -0.2) is 0 Å². The number of fused-ring (bicyclic) bond motifs is 4. The number of nitrogens with zero attached hydrogens (tertiary/aromatic N) is 2. The first-order chi connectivity index (χ1) is 40.1. The monoisotopic (exact) mass is 1140 g/mol. The van der Waals surface area contributed by atoms with Crippen LogP contribution in [0.3, 0.4) is 0 Å². The molecule has 0 saturated carbocycles. The molecule has 10 rings (SSSR count). The van der Waals surface area contributed by atoms with Crippen LogP contribution in [-0.4, -0.2) is 32.3 Å². The number of carbonyl (C=O) groups excluding carboxylic acids is 4. The van der Waals surface area contributed by atoms with Gasteiger partial charge in [0.25, 0.3) is 0 Å². The Morgan fingerprint density at radius 3 is 1.54 bits per heavy atom. The molecule has 0 bridgehead atoms. The standard InChI is InChI=1S/C75H86N2O4S2/c1-12-19-22-23-28-39-74(10,37-15-4)51-34-36-57-59(45-51)77(41-21-14-3)67(63(57)65-70(80)54-31-26-27-32-55(54)71(65)81)66-62(64-68(78)52-29-24-25-30-53(52)69(64)79)56-35-33-50(44-58(56)76(66)40-20-13-2)60-42-47(8)72(82-60)61-43-48(9)73(83-61)75(11,38-16-5)46-49(17-6)18-7/h15,24-27,29-37,42-45,49H,12-14,16-23,28,38-41,46H2,1-11H3/b37-15-,67-66+. The van der Waals surface area contributed by atoms with Crippen molar-refractivity contribution >= 4 is 78.8 Å². The zero-order valence-corrected chi connectivity index (χ0v) is 53.0. The molecule has 8 aromatic rings. The lowest BCUT2D eigenvalue weighted by Crippen LogP contribution is -2.25. The molecule has 8 heteroatoms. The molecular weight excluding hydrogens is 1060 g/mol. The Morgan fingerprint density at radius 1 is 0.530 bits per heavy atom. The summed E-state index contributed by atoms with van der Waals surface area (Å²) in [6, 6.07) is 32.4. The number of allylic oxidation sites excluding steroid dienone is 2. The van der Waals surface area contributed by atoms with E-state index < -0.39 is 0 Å². The van der Waals surface area contributed by atoms with Gasteiger partial charge in [-0.15, -0.1) is 22.7 Å². The summed E-state index contributed by atoms with van der Waals surface area (Å²) in [7, 11) is 0. The Bertz CT molecular complexity index is 4020. The van der Waals surface area contributed by atoms with Crippen molar-refractivity contribution in [3.05, 3.63) is 174 Å². The van der Waals surface area contributed by atoms with E-state index in [1.54, 1.807) is 24.3 Å². The number of unbranched alkanes of at least 4 members (excludes halogenated alkanes) is 6. The summed E-state index contributed by atoms with van der Waals surface area (Å²) in [5, 5.41) is 4.13. The van der Waals surface area contributed by atoms with E-state index in [4.69, 9.17) is 0 Å². The fourth-order valence-corrected chi connectivity index (χ4v) is 16.9. The largest absolute Gasteiger partial charge is 0.339 e. The van der Waals surface area contributed by atoms with Gasteiger partial charge < -0.3 is 9.13 Å². The molecule has 2 aliphatic carbocycles. The molecule has 0 radical (unpaired) electrons. The lowest BCUT2D eigenvalue weighted by molar-refractivity contribution is 0.101. The number of benzene rings is 4. The first kappa shape index (κ1) is 59.7. The predicted octanol–water partition coefficient (Wildman–Crippen LogP) is 19.1. The van der Waals surface area contributed by atoms with Crippen LogP contribution in [0.15, 0.2) is 109 Å². The Hall–Kier alpha value is -6.48. The summed E-state index contributed by atoms with van der Waals surface area (Å²) in [5.41, 5.74) is 8.36. The van der Waals surface area contributed by atoms with Crippen molar-refractivity contribution in [2.45, 2.75) is 196 Å². The van der Waals surface area contributed by atoms with E-state index >= 15 is 19.2 Å². The maximum atomic E-state index is 15.3. The molecule has 0 fully saturated rings. The first-order valence-electron chi connectivity index (χ1n) is 31.4. The van der Waals surface area contributed by atoms with Crippen molar-refractivity contribution in [2.24, 2.45) is 5.92 Å². The molecule has 2 aliphatic rings. The summed E-state index contributed by atoms with van der Waals surface area (Å²) >= 11 is 3.82. The van der Waals surface area contributed by atoms with Gasteiger partial charge in [-0.2, -0.15) is 0 Å². The molecular formula is C75H86N2O4S2. The smallest absolute Gasteiger partial charge is 0.198 e. The second-order valence-electron chi connectivity index (χ2n) is 24.6. The van der Waals surface area contributed by atoms with Crippen LogP contribution in [0.2, 0.25) is 0 Å². The topological polar surface area (TPSA) is 78.1 Å². The SMILES string of the molecule is C/C=C\C(C)(CCCCCCC)c1ccc2c(=C3C(=O)c4ccccc4C3=O)/c(=c3/c(=C4C(=O)c5ccccc5C4=O)c4ccc(-c5cc(C)c(-c6cc(C)c(C(C)(CCC)CC(CC)CC)s6)s5)cc4n3CCCC)n(CCCC)c2c1. The number of ketones is 4. The van der Waals surface area contributed by atoms with Crippen molar-refractivity contribution in [1.29, 1.82) is 0 Å². The van der Waals surface area contributed by atoms with Crippen LogP contribution in [0.5, 0.6) is 0 Å². The van der Waals surface area contributed by atoms with E-state index in [9.17, 15) is 0 Å². The molecule has 0 saturated heterocycles. The zero-order chi connectivity index (χ0) is 58.9. The normalized spacial score (nSPS) is 15.5. The Morgan fingerprint density at radius 2 is 1.04 bits per heavy atom. The highest BCUT2D eigenvalue weighted by molar-refractivity contribution is 7.24. The van der Waals surface area contributed by atoms with E-state index in [2.05, 4.69) is 146 Å². The van der Waals surface area contributed by atoms with Gasteiger partial charge in [-0.3, -0.25) is 19.2 Å². The van der Waals surface area contributed by atoms with Crippen molar-refractivity contribution < 1.29 is 19.2 Å². The number of aryl methyl sites for hydroxylation is 4. The number of Topliss-reactive ketones (excluding diaryl/α,β-unsaturated/α-hetero) is 4. The van der Waals surface area contributed by atoms with Crippen molar-refractivity contribution in [2.75, 3.05) is 0 Å². The highest BCUT2D eigenvalue weighted by atomic mass is 32.1. The minimum absolute atomic E-state index is 0.115. The van der Waals surface area contributed by atoms with E-state index in [1.165, 1.54) is 82.7 Å². The number of rotatable bonds is 23. The minimum atomic E-state index is -0.307. The first-order valence-corrected chi connectivity index (χ1v) is 33.1. The quantitative estimate of drug-likeness (QED) is 0.0472. The van der Waals surface area contributed by atoms with E-state index in [-0.39, 0.29) is 45.1 Å². The van der Waals surface area contributed by atoms with Crippen LogP contribution in [0.25, 0.3) is 53.1 Å². The Balaban J connectivity index is 1.34. The fourth-order valence-electron chi connectivity index (χ4n) is 14.2. The van der Waals surface area contributed by atoms with Gasteiger partial charge >= 0.3 is 0 Å². The third-order valence-electron chi connectivity index (χ3n) is 18.6. The van der Waals surface area contributed by atoms with Crippen LogP contribution in [-0.2, 0) is 23.9 Å². The molecule has 432 valence electrons. The maximum Gasteiger partial charge on any atom is 0.198 e. The van der Waals surface area contributed by atoms with E-state index in [0.717, 1.165) is 77.2 Å². The third-order valence-corrected chi connectivity index (χ3v) is 21.7. The van der Waals surface area contributed by atoms with Crippen molar-refractivity contribution in [3.63, 3.8) is 0 Å². The average Bonchev–Trinajstić information content (AvgIpc) is 4.50. The van der Waals surface area contributed by atoms with Crippen LogP contribution in [0.1, 0.15) is 222 Å². The van der Waals surface area contributed by atoms with Crippen molar-refractivity contribution in [1.82, 2.24) is 9.13 Å². The molecule has 0 amide bonds. The molecule has 0 spiro atoms. The highest BCUT2D eigenvalue weighted by Gasteiger charge is 2.38. The van der Waals surface area contributed by atoms with Gasteiger partial charge in [0, 0.05) is 97.9 Å². The molecule has 4 aromatic heterocycles. The molecule has 6 nitrogen and oxygen atoms in total. The van der Waals surface area contributed by atoms with Gasteiger partial charge in [0.15, 0.2) is 23.1 Å². The number of carbonyl (C=O) groups is 4. The summed E-state index contributed by atoms with van der Waals surface area (Å²) in [6.45, 7) is 26.3. The lowest BCUT2D eigenvalue weighted by atomic mass is 9.74. The highest BCUT2D eigenvalue weighted by Crippen LogP contribution is 2.48. The van der Waals surface area contributed by atoms with Gasteiger partial charge in [0.1, 0.15) is 0 Å². The molecule has 0 aliphatic heterocycles. The third kappa shape index (κ3) is 10.8. The van der Waals surface area contributed by atoms with E-state index in [0.29, 0.717) is 62.4 Å². The number of hydrogen-bond acceptors (Lipinski definition) is 6. The molecule has 2 atom stereocenters. The van der Waals surface area contributed by atoms with Crippen LogP contribution in [0, 0.1) is 30.5 Å². The zero-order valence-electron chi connectivity index (χ0n) is 51.3. The van der Waals surface area contributed by atoms with Gasteiger partial charge in [0.2, 0.25) is 0 Å². The second-order valence-corrected chi connectivity index (χ2v) is 26.7.